The molecule has 1 aromatic rings. The van der Waals surface area contributed by atoms with E-state index in [2.05, 4.69) is 15.6 Å². The summed E-state index contributed by atoms with van der Waals surface area (Å²) in [5, 5.41) is 17.1. The van der Waals surface area contributed by atoms with Crippen molar-refractivity contribution in [2.75, 3.05) is 6.54 Å². The summed E-state index contributed by atoms with van der Waals surface area (Å²) in [5.74, 6) is -0.877. The summed E-state index contributed by atoms with van der Waals surface area (Å²) in [6.45, 7) is 4.10. The molecule has 106 valence electrons. The Kier molecular flexibility index (Phi) is 5.75. The van der Waals surface area contributed by atoms with Gasteiger partial charge < -0.3 is 15.7 Å². The number of rotatable bonds is 7. The van der Waals surface area contributed by atoms with Crippen molar-refractivity contribution < 1.29 is 14.7 Å². The number of nitrogens with zero attached hydrogens (tertiary/aromatic N) is 1. The van der Waals surface area contributed by atoms with E-state index in [0.717, 1.165) is 5.01 Å². The van der Waals surface area contributed by atoms with Gasteiger partial charge in [-0.1, -0.05) is 13.8 Å². The number of hydrogen-bond acceptors (Lipinski definition) is 4. The van der Waals surface area contributed by atoms with E-state index < -0.39 is 11.4 Å². The first kappa shape index (κ1) is 15.4. The minimum atomic E-state index is -0.890. The summed E-state index contributed by atoms with van der Waals surface area (Å²) in [7, 11) is 0. The number of urea groups is 1. The Morgan fingerprint density at radius 1 is 1.37 bits per heavy atom. The van der Waals surface area contributed by atoms with Crippen LogP contribution in [0.15, 0.2) is 11.6 Å². The largest absolute Gasteiger partial charge is 0.481 e. The average Bonchev–Trinajstić information content (AvgIpc) is 2.91. The first-order chi connectivity index (χ1) is 9.04. The maximum Gasteiger partial charge on any atom is 0.315 e. The number of thiazole rings is 1. The van der Waals surface area contributed by atoms with E-state index in [4.69, 9.17) is 0 Å². The van der Waals surface area contributed by atoms with Gasteiger partial charge in [0.25, 0.3) is 0 Å². The first-order valence-corrected chi connectivity index (χ1v) is 7.05. The zero-order valence-electron chi connectivity index (χ0n) is 11.1. The van der Waals surface area contributed by atoms with Crippen molar-refractivity contribution in [1.29, 1.82) is 0 Å². The molecular weight excluding hydrogens is 266 g/mol. The van der Waals surface area contributed by atoms with Crippen molar-refractivity contribution in [2.45, 2.75) is 33.2 Å². The summed E-state index contributed by atoms with van der Waals surface area (Å²) in [6.07, 6.45) is 2.63. The zero-order chi connectivity index (χ0) is 14.3. The van der Waals surface area contributed by atoms with Crippen LogP contribution in [0.5, 0.6) is 0 Å². The van der Waals surface area contributed by atoms with Crippen LogP contribution in [0.3, 0.4) is 0 Å². The van der Waals surface area contributed by atoms with Gasteiger partial charge in [-0.3, -0.25) is 4.79 Å². The molecule has 0 spiro atoms. The van der Waals surface area contributed by atoms with E-state index in [0.29, 0.717) is 19.4 Å². The van der Waals surface area contributed by atoms with E-state index >= 15 is 0 Å². The van der Waals surface area contributed by atoms with Gasteiger partial charge in [-0.2, -0.15) is 0 Å². The highest BCUT2D eigenvalue weighted by atomic mass is 32.1. The number of carbonyl (C=O) groups excluding carboxylic acids is 1. The average molecular weight is 285 g/mol. The molecule has 1 heterocycles. The van der Waals surface area contributed by atoms with Crippen LogP contribution in [0.2, 0.25) is 0 Å². The number of aromatic nitrogens is 1. The molecule has 0 aliphatic heterocycles. The first-order valence-electron chi connectivity index (χ1n) is 6.17. The Labute approximate surface area is 116 Å². The number of amides is 2. The molecule has 0 atom stereocenters. The van der Waals surface area contributed by atoms with Gasteiger partial charge >= 0.3 is 12.0 Å². The molecule has 1 aromatic heterocycles. The van der Waals surface area contributed by atoms with Crippen molar-refractivity contribution in [3.8, 4) is 0 Å². The third kappa shape index (κ3) is 4.20. The summed E-state index contributed by atoms with van der Waals surface area (Å²) >= 11 is 1.45. The minimum absolute atomic E-state index is 0.124. The Morgan fingerprint density at radius 2 is 2.05 bits per heavy atom. The molecule has 0 bridgehead atoms. The monoisotopic (exact) mass is 285 g/mol. The van der Waals surface area contributed by atoms with Crippen LogP contribution in [0.1, 0.15) is 31.7 Å². The molecule has 6 nitrogen and oxygen atoms in total. The van der Waals surface area contributed by atoms with Crippen LogP contribution >= 0.6 is 11.3 Å². The van der Waals surface area contributed by atoms with Crippen molar-refractivity contribution >= 4 is 23.3 Å². The lowest BCUT2D eigenvalue weighted by Gasteiger charge is -2.26. The standard InChI is InChI=1S/C12H19N3O3S/c1-3-12(4-2,10(16)17)8-15-11(18)14-7-9-13-5-6-19-9/h5-6H,3-4,7-8H2,1-2H3,(H,16,17)(H2,14,15,18). The van der Waals surface area contributed by atoms with Gasteiger partial charge in [-0.05, 0) is 12.8 Å². The summed E-state index contributed by atoms with van der Waals surface area (Å²) in [6, 6.07) is -0.372. The third-order valence-electron chi connectivity index (χ3n) is 3.28. The van der Waals surface area contributed by atoms with Crippen LogP contribution in [0.25, 0.3) is 0 Å². The second kappa shape index (κ2) is 7.08. The van der Waals surface area contributed by atoms with Crippen molar-refractivity contribution in [3.05, 3.63) is 16.6 Å². The molecule has 0 fully saturated rings. The van der Waals surface area contributed by atoms with E-state index in [-0.39, 0.29) is 12.6 Å². The number of carbonyl (C=O) groups is 2. The van der Waals surface area contributed by atoms with Gasteiger partial charge in [0.15, 0.2) is 0 Å². The van der Waals surface area contributed by atoms with Crippen LogP contribution in [-0.4, -0.2) is 28.6 Å². The van der Waals surface area contributed by atoms with Crippen molar-refractivity contribution in [3.63, 3.8) is 0 Å². The second-order valence-electron chi connectivity index (χ2n) is 4.25. The van der Waals surface area contributed by atoms with Gasteiger partial charge in [-0.25, -0.2) is 9.78 Å². The Hall–Kier alpha value is -1.63. The Balaban J connectivity index is 2.42. The third-order valence-corrected chi connectivity index (χ3v) is 4.06. The molecule has 0 aliphatic carbocycles. The maximum absolute atomic E-state index is 11.6. The highest BCUT2D eigenvalue weighted by molar-refractivity contribution is 7.09. The molecule has 0 aromatic carbocycles. The lowest BCUT2D eigenvalue weighted by Crippen LogP contribution is -2.45. The van der Waals surface area contributed by atoms with E-state index in [1.165, 1.54) is 11.3 Å². The maximum atomic E-state index is 11.6. The molecule has 7 heteroatoms. The molecule has 3 N–H and O–H groups in total. The quantitative estimate of drug-likeness (QED) is 0.712. The van der Waals surface area contributed by atoms with Gasteiger partial charge in [0, 0.05) is 18.1 Å². The predicted molar refractivity (Wildman–Crippen MR) is 73.0 cm³/mol. The minimum Gasteiger partial charge on any atom is -0.481 e. The fraction of sp³-hybridized carbons (Fsp3) is 0.583. The molecule has 0 saturated carbocycles. The highest BCUT2D eigenvalue weighted by Gasteiger charge is 2.35. The van der Waals surface area contributed by atoms with Gasteiger partial charge in [-0.15, -0.1) is 11.3 Å². The molecule has 0 saturated heterocycles. The van der Waals surface area contributed by atoms with Crippen LogP contribution < -0.4 is 10.6 Å². The lowest BCUT2D eigenvalue weighted by atomic mass is 9.82. The summed E-state index contributed by atoms with van der Waals surface area (Å²) in [5.41, 5.74) is -0.890. The number of nitrogens with one attached hydrogen (secondary N) is 2. The van der Waals surface area contributed by atoms with Crippen molar-refractivity contribution in [2.24, 2.45) is 5.41 Å². The molecule has 1 rings (SSSR count). The van der Waals surface area contributed by atoms with Gasteiger partial charge in [0.2, 0.25) is 0 Å². The number of carboxylic acid groups (broad SMARTS) is 1. The zero-order valence-corrected chi connectivity index (χ0v) is 11.9. The summed E-state index contributed by atoms with van der Waals surface area (Å²) < 4.78 is 0. The van der Waals surface area contributed by atoms with Crippen LogP contribution in [-0.2, 0) is 11.3 Å². The van der Waals surface area contributed by atoms with E-state index in [9.17, 15) is 14.7 Å². The van der Waals surface area contributed by atoms with Crippen LogP contribution in [0, 0.1) is 5.41 Å². The second-order valence-corrected chi connectivity index (χ2v) is 5.23. The smallest absolute Gasteiger partial charge is 0.315 e. The number of carboxylic acids is 1. The number of aliphatic carboxylic acids is 1. The van der Waals surface area contributed by atoms with Crippen molar-refractivity contribution in [1.82, 2.24) is 15.6 Å². The Bertz CT molecular complexity index is 416. The predicted octanol–water partition coefficient (Wildman–Crippen LogP) is 1.83. The Morgan fingerprint density at radius 3 is 2.53 bits per heavy atom. The highest BCUT2D eigenvalue weighted by Crippen LogP contribution is 2.25. The topological polar surface area (TPSA) is 91.3 Å². The SMILES string of the molecule is CCC(CC)(CNC(=O)NCc1nccs1)C(=O)O. The molecular formula is C12H19N3O3S. The number of hydrogen-bond donors (Lipinski definition) is 3. The van der Waals surface area contributed by atoms with Crippen LogP contribution in [0.4, 0.5) is 4.79 Å². The van der Waals surface area contributed by atoms with Gasteiger partial charge in [0.1, 0.15) is 5.01 Å². The molecule has 0 radical (unpaired) electrons. The molecule has 19 heavy (non-hydrogen) atoms. The summed E-state index contributed by atoms with van der Waals surface area (Å²) in [4.78, 5) is 26.9. The van der Waals surface area contributed by atoms with Gasteiger partial charge in [0.05, 0.1) is 12.0 Å². The fourth-order valence-electron chi connectivity index (χ4n) is 1.69. The molecule has 0 unspecified atom stereocenters. The molecule has 0 aliphatic rings. The fourth-order valence-corrected chi connectivity index (χ4v) is 2.24. The van der Waals surface area contributed by atoms with E-state index in [1.807, 2.05) is 19.2 Å². The molecule has 2 amide bonds. The van der Waals surface area contributed by atoms with E-state index in [1.54, 1.807) is 6.20 Å². The lowest BCUT2D eigenvalue weighted by molar-refractivity contribution is -0.149. The normalized spacial score (nSPS) is 11.1.